The minimum Gasteiger partial charge on any atom is -0.493 e. The van der Waals surface area contributed by atoms with E-state index in [1.807, 2.05) is 25.1 Å². The van der Waals surface area contributed by atoms with Gasteiger partial charge in [-0.05, 0) is 25.8 Å². The molecule has 0 heterocycles. The van der Waals surface area contributed by atoms with E-state index in [1.54, 1.807) is 7.11 Å². The molecule has 1 aromatic rings. The first-order valence-electron chi connectivity index (χ1n) is 5.30. The second kappa shape index (κ2) is 3.74. The fourth-order valence-corrected chi connectivity index (χ4v) is 1.79. The van der Waals surface area contributed by atoms with Crippen LogP contribution in [-0.2, 0) is 5.54 Å². The van der Waals surface area contributed by atoms with Crippen LogP contribution >= 0.6 is 0 Å². The van der Waals surface area contributed by atoms with Gasteiger partial charge in [0.25, 0.3) is 0 Å². The molecular weight excluding hydrogens is 190 g/mol. The SMILES string of the molecule is CCOc1cccc(C2(N)CC2)c1OC. The molecule has 0 aliphatic heterocycles. The molecule has 0 unspecified atom stereocenters. The molecule has 2 rings (SSSR count). The Balaban J connectivity index is 2.41. The lowest BCUT2D eigenvalue weighted by atomic mass is 10.0. The van der Waals surface area contributed by atoms with Crippen molar-refractivity contribution in [3.05, 3.63) is 23.8 Å². The Morgan fingerprint density at radius 2 is 2.13 bits per heavy atom. The van der Waals surface area contributed by atoms with Crippen LogP contribution in [0.2, 0.25) is 0 Å². The van der Waals surface area contributed by atoms with Crippen molar-refractivity contribution >= 4 is 0 Å². The molecule has 0 aromatic heterocycles. The summed E-state index contributed by atoms with van der Waals surface area (Å²) < 4.78 is 10.9. The van der Waals surface area contributed by atoms with Gasteiger partial charge in [-0.2, -0.15) is 0 Å². The van der Waals surface area contributed by atoms with Gasteiger partial charge < -0.3 is 15.2 Å². The van der Waals surface area contributed by atoms with E-state index in [1.165, 1.54) is 0 Å². The molecule has 2 N–H and O–H groups in total. The standard InChI is InChI=1S/C12H17NO2/c1-3-15-10-6-4-5-9(11(10)14-2)12(13)7-8-12/h4-6H,3,7-8,13H2,1-2H3. The molecule has 0 bridgehead atoms. The van der Waals surface area contributed by atoms with Crippen molar-refractivity contribution < 1.29 is 9.47 Å². The average Bonchev–Trinajstić information content (AvgIpc) is 2.98. The number of ether oxygens (including phenoxy) is 2. The number of para-hydroxylation sites is 1. The average molecular weight is 207 g/mol. The summed E-state index contributed by atoms with van der Waals surface area (Å²) in [6, 6.07) is 5.90. The minimum absolute atomic E-state index is 0.182. The molecule has 0 atom stereocenters. The molecule has 1 saturated carbocycles. The Morgan fingerprint density at radius 1 is 1.40 bits per heavy atom. The van der Waals surface area contributed by atoms with Crippen LogP contribution < -0.4 is 15.2 Å². The van der Waals surface area contributed by atoms with Crippen molar-refractivity contribution in [2.24, 2.45) is 5.73 Å². The van der Waals surface area contributed by atoms with Crippen LogP contribution in [0.15, 0.2) is 18.2 Å². The topological polar surface area (TPSA) is 44.5 Å². The van der Waals surface area contributed by atoms with E-state index in [0.29, 0.717) is 6.61 Å². The first-order chi connectivity index (χ1) is 7.21. The lowest BCUT2D eigenvalue weighted by Crippen LogP contribution is -2.19. The van der Waals surface area contributed by atoms with Gasteiger partial charge in [-0.1, -0.05) is 12.1 Å². The van der Waals surface area contributed by atoms with Crippen molar-refractivity contribution in [2.75, 3.05) is 13.7 Å². The van der Waals surface area contributed by atoms with Crippen molar-refractivity contribution in [3.63, 3.8) is 0 Å². The third kappa shape index (κ3) is 1.79. The maximum Gasteiger partial charge on any atom is 0.165 e. The Kier molecular flexibility index (Phi) is 2.57. The summed E-state index contributed by atoms with van der Waals surface area (Å²) >= 11 is 0. The van der Waals surface area contributed by atoms with Crippen molar-refractivity contribution in [1.82, 2.24) is 0 Å². The van der Waals surface area contributed by atoms with Gasteiger partial charge in [-0.25, -0.2) is 0 Å². The Bertz CT molecular complexity index is 359. The summed E-state index contributed by atoms with van der Waals surface area (Å²) in [7, 11) is 1.66. The predicted molar refractivity (Wildman–Crippen MR) is 59.3 cm³/mol. The quantitative estimate of drug-likeness (QED) is 0.821. The van der Waals surface area contributed by atoms with E-state index in [2.05, 4.69) is 0 Å². The Hall–Kier alpha value is -1.22. The summed E-state index contributed by atoms with van der Waals surface area (Å²) in [6.07, 6.45) is 2.05. The predicted octanol–water partition coefficient (Wildman–Crippen LogP) is 2.04. The third-order valence-electron chi connectivity index (χ3n) is 2.81. The highest BCUT2D eigenvalue weighted by Gasteiger charge is 2.42. The second-order valence-corrected chi connectivity index (χ2v) is 3.93. The van der Waals surface area contributed by atoms with Crippen LogP contribution in [0.4, 0.5) is 0 Å². The highest BCUT2D eigenvalue weighted by molar-refractivity contribution is 5.51. The summed E-state index contributed by atoms with van der Waals surface area (Å²) in [5, 5.41) is 0. The van der Waals surface area contributed by atoms with Crippen molar-refractivity contribution in [1.29, 1.82) is 0 Å². The van der Waals surface area contributed by atoms with E-state index in [9.17, 15) is 0 Å². The molecule has 0 radical (unpaired) electrons. The third-order valence-corrected chi connectivity index (χ3v) is 2.81. The lowest BCUT2D eigenvalue weighted by molar-refractivity contribution is 0.307. The first-order valence-corrected chi connectivity index (χ1v) is 5.30. The van der Waals surface area contributed by atoms with E-state index >= 15 is 0 Å². The van der Waals surface area contributed by atoms with Crippen molar-refractivity contribution in [3.8, 4) is 11.5 Å². The Morgan fingerprint density at radius 3 is 2.67 bits per heavy atom. The number of hydrogen-bond donors (Lipinski definition) is 1. The van der Waals surface area contributed by atoms with Gasteiger partial charge in [-0.15, -0.1) is 0 Å². The van der Waals surface area contributed by atoms with Crippen LogP contribution in [0.5, 0.6) is 11.5 Å². The van der Waals surface area contributed by atoms with E-state index in [4.69, 9.17) is 15.2 Å². The van der Waals surface area contributed by atoms with E-state index in [0.717, 1.165) is 29.9 Å². The molecule has 82 valence electrons. The van der Waals surface area contributed by atoms with Crippen LogP contribution in [-0.4, -0.2) is 13.7 Å². The Labute approximate surface area is 90.2 Å². The number of nitrogens with two attached hydrogens (primary N) is 1. The van der Waals surface area contributed by atoms with Gasteiger partial charge in [-0.3, -0.25) is 0 Å². The molecule has 0 amide bonds. The van der Waals surface area contributed by atoms with Crippen LogP contribution in [0.25, 0.3) is 0 Å². The van der Waals surface area contributed by atoms with Crippen LogP contribution in [0.3, 0.4) is 0 Å². The zero-order valence-corrected chi connectivity index (χ0v) is 9.25. The van der Waals surface area contributed by atoms with Crippen molar-refractivity contribution in [2.45, 2.75) is 25.3 Å². The molecule has 1 aromatic carbocycles. The maximum absolute atomic E-state index is 6.17. The molecule has 3 nitrogen and oxygen atoms in total. The summed E-state index contributed by atoms with van der Waals surface area (Å²) in [5.74, 6) is 1.58. The summed E-state index contributed by atoms with van der Waals surface area (Å²) in [6.45, 7) is 2.60. The van der Waals surface area contributed by atoms with Crippen LogP contribution in [0.1, 0.15) is 25.3 Å². The summed E-state index contributed by atoms with van der Waals surface area (Å²) in [5.41, 5.74) is 7.06. The molecule has 1 aliphatic rings. The zero-order chi connectivity index (χ0) is 10.9. The zero-order valence-electron chi connectivity index (χ0n) is 9.25. The molecular formula is C12H17NO2. The normalized spacial score (nSPS) is 17.3. The van der Waals surface area contributed by atoms with Gasteiger partial charge in [0.1, 0.15) is 0 Å². The smallest absolute Gasteiger partial charge is 0.165 e. The number of hydrogen-bond acceptors (Lipinski definition) is 3. The molecule has 0 spiro atoms. The van der Waals surface area contributed by atoms with Gasteiger partial charge >= 0.3 is 0 Å². The largest absolute Gasteiger partial charge is 0.493 e. The van der Waals surface area contributed by atoms with E-state index in [-0.39, 0.29) is 5.54 Å². The maximum atomic E-state index is 6.17. The summed E-state index contributed by atoms with van der Waals surface area (Å²) in [4.78, 5) is 0. The van der Waals surface area contributed by atoms with Gasteiger partial charge in [0.15, 0.2) is 11.5 Å². The lowest BCUT2D eigenvalue weighted by Gasteiger charge is -2.17. The number of methoxy groups -OCH3 is 1. The van der Waals surface area contributed by atoms with Gasteiger partial charge in [0, 0.05) is 11.1 Å². The molecule has 0 saturated heterocycles. The highest BCUT2D eigenvalue weighted by atomic mass is 16.5. The fraction of sp³-hybridized carbons (Fsp3) is 0.500. The van der Waals surface area contributed by atoms with Gasteiger partial charge in [0.2, 0.25) is 0 Å². The first kappa shape index (κ1) is 10.3. The number of rotatable bonds is 4. The van der Waals surface area contributed by atoms with Crippen LogP contribution in [0, 0.1) is 0 Å². The molecule has 15 heavy (non-hydrogen) atoms. The highest BCUT2D eigenvalue weighted by Crippen LogP contribution is 2.48. The monoisotopic (exact) mass is 207 g/mol. The second-order valence-electron chi connectivity index (χ2n) is 3.93. The van der Waals surface area contributed by atoms with Gasteiger partial charge in [0.05, 0.1) is 13.7 Å². The fourth-order valence-electron chi connectivity index (χ4n) is 1.79. The molecule has 1 aliphatic carbocycles. The minimum atomic E-state index is -0.182. The molecule has 1 fully saturated rings. The van der Waals surface area contributed by atoms with E-state index < -0.39 is 0 Å². The molecule has 3 heteroatoms. The number of benzene rings is 1.